The molecule has 1 aliphatic rings. The molecule has 1 aliphatic heterocycles. The summed E-state index contributed by atoms with van der Waals surface area (Å²) >= 11 is 0. The van der Waals surface area contributed by atoms with E-state index >= 15 is 0 Å². The van der Waals surface area contributed by atoms with Gasteiger partial charge in [0.05, 0.1) is 24.6 Å². The Kier molecular flexibility index (Phi) is 7.20. The zero-order chi connectivity index (χ0) is 16.5. The van der Waals surface area contributed by atoms with E-state index in [-0.39, 0.29) is 5.91 Å². The third-order valence-corrected chi connectivity index (χ3v) is 3.97. The normalized spacial score (nSPS) is 14.8. The minimum Gasteiger partial charge on any atom is -0.383 e. The average molecular weight is 319 g/mol. The highest BCUT2D eigenvalue weighted by Crippen LogP contribution is 2.26. The van der Waals surface area contributed by atoms with Gasteiger partial charge in [-0.25, -0.2) is 0 Å². The van der Waals surface area contributed by atoms with Gasteiger partial charge in [-0.05, 0) is 24.5 Å². The van der Waals surface area contributed by atoms with E-state index in [4.69, 9.17) is 4.74 Å². The number of benzene rings is 1. The van der Waals surface area contributed by atoms with Crippen molar-refractivity contribution < 1.29 is 9.53 Å². The highest BCUT2D eigenvalue weighted by atomic mass is 16.5. The summed E-state index contributed by atoms with van der Waals surface area (Å²) in [5.74, 6) is 0.732. The molecule has 0 atom stereocenters. The number of anilines is 2. The third-order valence-electron chi connectivity index (χ3n) is 3.97. The molecule has 23 heavy (non-hydrogen) atoms. The van der Waals surface area contributed by atoms with Crippen LogP contribution in [0.15, 0.2) is 24.3 Å². The van der Waals surface area contributed by atoms with E-state index < -0.39 is 0 Å². The van der Waals surface area contributed by atoms with Crippen molar-refractivity contribution in [3.05, 3.63) is 24.3 Å². The maximum absolute atomic E-state index is 11.8. The minimum absolute atomic E-state index is 0.113. The van der Waals surface area contributed by atoms with E-state index in [2.05, 4.69) is 47.6 Å². The lowest BCUT2D eigenvalue weighted by molar-refractivity contribution is -0.120. The van der Waals surface area contributed by atoms with Crippen molar-refractivity contribution in [2.24, 2.45) is 5.92 Å². The number of hydrogen-bond acceptors (Lipinski definition) is 4. The van der Waals surface area contributed by atoms with Crippen LogP contribution in [0.25, 0.3) is 0 Å². The summed E-state index contributed by atoms with van der Waals surface area (Å²) in [6.07, 6.45) is 1.52. The van der Waals surface area contributed by atoms with E-state index in [0.717, 1.165) is 45.0 Å². The molecule has 0 radical (unpaired) electrons. The number of nitrogens with zero attached hydrogens (tertiary/aromatic N) is 1. The maximum atomic E-state index is 11.8. The molecular weight excluding hydrogens is 290 g/mol. The van der Waals surface area contributed by atoms with Crippen LogP contribution in [0.3, 0.4) is 0 Å². The largest absolute Gasteiger partial charge is 0.383 e. The van der Waals surface area contributed by atoms with Crippen LogP contribution < -0.4 is 15.5 Å². The highest BCUT2D eigenvalue weighted by molar-refractivity contribution is 5.77. The van der Waals surface area contributed by atoms with Crippen molar-refractivity contribution in [1.29, 1.82) is 0 Å². The van der Waals surface area contributed by atoms with Crippen molar-refractivity contribution in [1.82, 2.24) is 5.32 Å². The van der Waals surface area contributed by atoms with E-state index in [9.17, 15) is 4.79 Å². The van der Waals surface area contributed by atoms with Crippen LogP contribution in [0, 0.1) is 5.92 Å². The predicted molar refractivity (Wildman–Crippen MR) is 95.0 cm³/mol. The monoisotopic (exact) mass is 319 g/mol. The lowest BCUT2D eigenvalue weighted by Gasteiger charge is -2.30. The second kappa shape index (κ2) is 9.40. The molecule has 1 fully saturated rings. The van der Waals surface area contributed by atoms with E-state index in [1.807, 2.05) is 6.07 Å². The first-order chi connectivity index (χ1) is 11.2. The summed E-state index contributed by atoms with van der Waals surface area (Å²) in [4.78, 5) is 14.2. The molecule has 128 valence electrons. The number of amides is 1. The van der Waals surface area contributed by atoms with Gasteiger partial charge in [0.25, 0.3) is 0 Å². The molecule has 5 nitrogen and oxygen atoms in total. The highest BCUT2D eigenvalue weighted by Gasteiger charge is 2.14. The first kappa shape index (κ1) is 17.6. The van der Waals surface area contributed by atoms with Crippen molar-refractivity contribution >= 4 is 17.3 Å². The van der Waals surface area contributed by atoms with E-state index in [0.29, 0.717) is 18.9 Å². The summed E-state index contributed by atoms with van der Waals surface area (Å²) in [5.41, 5.74) is 2.28. The Balaban J connectivity index is 1.78. The average Bonchev–Trinajstić information content (AvgIpc) is 2.56. The summed E-state index contributed by atoms with van der Waals surface area (Å²) in [6, 6.07) is 8.27. The smallest absolute Gasteiger partial charge is 0.221 e. The molecule has 1 saturated heterocycles. The Bertz CT molecular complexity index is 485. The molecule has 5 heteroatoms. The SMILES string of the molecule is CC(C)CCNC(=O)CCNc1ccccc1N1CCOCC1. The van der Waals surface area contributed by atoms with Gasteiger partial charge in [-0.1, -0.05) is 26.0 Å². The van der Waals surface area contributed by atoms with Gasteiger partial charge in [0, 0.05) is 32.6 Å². The first-order valence-corrected chi connectivity index (χ1v) is 8.59. The van der Waals surface area contributed by atoms with E-state index in [1.54, 1.807) is 0 Å². The molecule has 1 amide bonds. The molecule has 2 N–H and O–H groups in total. The summed E-state index contributed by atoms with van der Waals surface area (Å²) < 4.78 is 5.41. The molecule has 0 aliphatic carbocycles. The molecule has 1 aromatic rings. The lowest BCUT2D eigenvalue weighted by atomic mass is 10.1. The number of nitrogens with one attached hydrogen (secondary N) is 2. The standard InChI is InChI=1S/C18H29N3O2/c1-15(2)7-9-20-18(22)8-10-19-16-5-3-4-6-17(16)21-11-13-23-14-12-21/h3-6,15,19H,7-14H2,1-2H3,(H,20,22). The van der Waals surface area contributed by atoms with Crippen LogP contribution in [0.1, 0.15) is 26.7 Å². The topological polar surface area (TPSA) is 53.6 Å². The second-order valence-electron chi connectivity index (χ2n) is 6.33. The van der Waals surface area contributed by atoms with Gasteiger partial charge in [-0.2, -0.15) is 0 Å². The Morgan fingerprint density at radius 1 is 1.22 bits per heavy atom. The Morgan fingerprint density at radius 2 is 1.96 bits per heavy atom. The van der Waals surface area contributed by atoms with Crippen molar-refractivity contribution in [3.63, 3.8) is 0 Å². The van der Waals surface area contributed by atoms with Gasteiger partial charge in [-0.3, -0.25) is 4.79 Å². The molecule has 0 saturated carbocycles. The minimum atomic E-state index is 0.113. The van der Waals surface area contributed by atoms with Crippen LogP contribution in [-0.2, 0) is 9.53 Å². The number of hydrogen-bond donors (Lipinski definition) is 2. The molecule has 1 aromatic carbocycles. The van der Waals surface area contributed by atoms with Gasteiger partial charge in [0.2, 0.25) is 5.91 Å². The first-order valence-electron chi connectivity index (χ1n) is 8.59. The van der Waals surface area contributed by atoms with Gasteiger partial charge in [0.1, 0.15) is 0 Å². The van der Waals surface area contributed by atoms with Gasteiger partial charge >= 0.3 is 0 Å². The number of ether oxygens (including phenoxy) is 1. The number of morpholine rings is 1. The predicted octanol–water partition coefficient (Wildman–Crippen LogP) is 2.49. The molecule has 0 aromatic heterocycles. The van der Waals surface area contributed by atoms with Crippen LogP contribution >= 0.6 is 0 Å². The van der Waals surface area contributed by atoms with Crippen molar-refractivity contribution in [3.8, 4) is 0 Å². The number of carbonyl (C=O) groups is 1. The van der Waals surface area contributed by atoms with Crippen LogP contribution in [0.2, 0.25) is 0 Å². The fourth-order valence-electron chi connectivity index (χ4n) is 2.60. The summed E-state index contributed by atoms with van der Waals surface area (Å²) in [7, 11) is 0. The zero-order valence-electron chi connectivity index (χ0n) is 14.3. The van der Waals surface area contributed by atoms with Crippen LogP contribution in [-0.4, -0.2) is 45.3 Å². The molecular formula is C18H29N3O2. The van der Waals surface area contributed by atoms with Gasteiger partial charge < -0.3 is 20.3 Å². The summed E-state index contributed by atoms with van der Waals surface area (Å²) in [6.45, 7) is 9.10. The Morgan fingerprint density at radius 3 is 2.70 bits per heavy atom. The second-order valence-corrected chi connectivity index (χ2v) is 6.33. The van der Waals surface area contributed by atoms with Crippen LogP contribution in [0.5, 0.6) is 0 Å². The third kappa shape index (κ3) is 6.10. The number of carbonyl (C=O) groups excluding carboxylic acids is 1. The van der Waals surface area contributed by atoms with Crippen LogP contribution in [0.4, 0.5) is 11.4 Å². The molecule has 0 spiro atoms. The maximum Gasteiger partial charge on any atom is 0.221 e. The quantitative estimate of drug-likeness (QED) is 0.773. The fraction of sp³-hybridized carbons (Fsp3) is 0.611. The zero-order valence-corrected chi connectivity index (χ0v) is 14.3. The van der Waals surface area contributed by atoms with Gasteiger partial charge in [-0.15, -0.1) is 0 Å². The molecule has 1 heterocycles. The fourth-order valence-corrected chi connectivity index (χ4v) is 2.60. The Labute approximate surface area is 139 Å². The number of para-hydroxylation sites is 2. The van der Waals surface area contributed by atoms with Gasteiger partial charge in [0.15, 0.2) is 0 Å². The van der Waals surface area contributed by atoms with Crippen molar-refractivity contribution in [2.75, 3.05) is 49.6 Å². The molecule has 0 bridgehead atoms. The number of rotatable bonds is 8. The van der Waals surface area contributed by atoms with E-state index in [1.165, 1.54) is 5.69 Å². The lowest BCUT2D eigenvalue weighted by Crippen LogP contribution is -2.36. The molecule has 0 unspecified atom stereocenters. The Hall–Kier alpha value is -1.75. The van der Waals surface area contributed by atoms with Crippen molar-refractivity contribution in [2.45, 2.75) is 26.7 Å². The molecule has 2 rings (SSSR count). The summed E-state index contributed by atoms with van der Waals surface area (Å²) in [5, 5.41) is 6.37.